The summed E-state index contributed by atoms with van der Waals surface area (Å²) in [5.74, 6) is 0. The molecule has 0 bridgehead atoms. The first-order chi connectivity index (χ1) is 8.99. The van der Waals surface area contributed by atoms with Gasteiger partial charge in [0, 0.05) is 34.7 Å². The predicted molar refractivity (Wildman–Crippen MR) is 70.9 cm³/mol. The maximum absolute atomic E-state index is 12.1. The minimum atomic E-state index is -0.541. The molecule has 1 aromatic heterocycles. The average molecular weight is 288 g/mol. The minimum absolute atomic E-state index is 0.185. The first-order valence-corrected chi connectivity index (χ1v) is 6.37. The summed E-state index contributed by atoms with van der Waals surface area (Å²) in [6.07, 6.45) is 0.596. The van der Waals surface area contributed by atoms with Crippen molar-refractivity contribution in [2.45, 2.75) is 31.8 Å². The van der Waals surface area contributed by atoms with E-state index >= 15 is 0 Å². The largest absolute Gasteiger partial charge is 0.394 e. The summed E-state index contributed by atoms with van der Waals surface area (Å²) in [6, 6.07) is 0. The van der Waals surface area contributed by atoms with Crippen LogP contribution in [-0.2, 0) is 16.3 Å². The monoisotopic (exact) mass is 288 g/mol. The maximum atomic E-state index is 12.1. The molecule has 0 radical (unpaired) electrons. The lowest BCUT2D eigenvalue weighted by Crippen LogP contribution is -2.40. The molecule has 1 aromatic rings. The normalized spacial score (nSPS) is 26.8. The fraction of sp³-hybridized carbons (Fsp3) is 0.636. The highest BCUT2D eigenvalue weighted by Gasteiger charge is 2.36. The topological polar surface area (TPSA) is 82.7 Å². The number of aromatic nitrogens is 2. The molecule has 0 spiro atoms. The lowest BCUT2D eigenvalue weighted by atomic mass is 10.2. The second kappa shape index (κ2) is 5.54. The molecule has 4 atom stereocenters. The molecular formula is C11H17N2O5P. The second-order valence-corrected chi connectivity index (χ2v) is 4.86. The third-order valence-electron chi connectivity index (χ3n) is 3.33. The Hall–Kier alpha value is -1.01. The van der Waals surface area contributed by atoms with E-state index in [1.165, 1.54) is 17.8 Å². The van der Waals surface area contributed by atoms with E-state index in [9.17, 15) is 14.7 Å². The van der Waals surface area contributed by atoms with E-state index < -0.39 is 18.0 Å². The molecule has 7 nitrogen and oxygen atoms in total. The number of ether oxygens (including phenoxy) is 1. The summed E-state index contributed by atoms with van der Waals surface area (Å²) in [6.45, 7) is 1.45. The Morgan fingerprint density at radius 1 is 1.58 bits per heavy atom. The molecule has 1 saturated heterocycles. The SMILES string of the molecule is Cc1cn([C@H]2C[C@@H](OP)[C@@H](CO)O2)c(=O)n(C)c1=O. The zero-order valence-electron chi connectivity index (χ0n) is 10.8. The smallest absolute Gasteiger partial charge is 0.332 e. The van der Waals surface area contributed by atoms with E-state index in [0.29, 0.717) is 12.0 Å². The molecule has 8 heteroatoms. The van der Waals surface area contributed by atoms with E-state index in [4.69, 9.17) is 9.26 Å². The number of aliphatic hydroxyl groups excluding tert-OH is 1. The number of aryl methyl sites for hydroxylation is 1. The van der Waals surface area contributed by atoms with E-state index in [1.807, 2.05) is 0 Å². The van der Waals surface area contributed by atoms with Gasteiger partial charge >= 0.3 is 5.69 Å². The molecule has 2 rings (SSSR count). The molecule has 1 fully saturated rings. The number of nitrogens with zero attached hydrogens (tertiary/aromatic N) is 2. The van der Waals surface area contributed by atoms with Crippen LogP contribution in [0.3, 0.4) is 0 Å². The third-order valence-corrected chi connectivity index (χ3v) is 3.68. The molecule has 0 aliphatic carbocycles. The van der Waals surface area contributed by atoms with Crippen LogP contribution in [0.25, 0.3) is 0 Å². The summed E-state index contributed by atoms with van der Waals surface area (Å²) in [5, 5.41) is 9.20. The van der Waals surface area contributed by atoms with Gasteiger partial charge in [-0.2, -0.15) is 0 Å². The number of hydrogen-bond donors (Lipinski definition) is 1. The Balaban J connectivity index is 2.39. The summed E-state index contributed by atoms with van der Waals surface area (Å²) < 4.78 is 13.1. The molecule has 0 amide bonds. The van der Waals surface area contributed by atoms with Crippen LogP contribution in [0.15, 0.2) is 15.8 Å². The maximum Gasteiger partial charge on any atom is 0.332 e. The second-order valence-electron chi connectivity index (χ2n) is 4.59. The Bertz CT molecular complexity index is 569. The summed E-state index contributed by atoms with van der Waals surface area (Å²) >= 11 is 0. The van der Waals surface area contributed by atoms with Gasteiger partial charge in [-0.25, -0.2) is 4.79 Å². The van der Waals surface area contributed by atoms with E-state index in [2.05, 4.69) is 9.47 Å². The number of hydrogen-bond acceptors (Lipinski definition) is 5. The fourth-order valence-electron chi connectivity index (χ4n) is 2.23. The van der Waals surface area contributed by atoms with Crippen molar-refractivity contribution in [2.75, 3.05) is 6.61 Å². The van der Waals surface area contributed by atoms with Gasteiger partial charge in [0.15, 0.2) is 0 Å². The van der Waals surface area contributed by atoms with Crippen LogP contribution in [0.2, 0.25) is 0 Å². The van der Waals surface area contributed by atoms with Gasteiger partial charge in [0.25, 0.3) is 5.56 Å². The molecular weight excluding hydrogens is 271 g/mol. The Morgan fingerprint density at radius 2 is 2.26 bits per heavy atom. The zero-order valence-corrected chi connectivity index (χ0v) is 11.9. The van der Waals surface area contributed by atoms with Crippen molar-refractivity contribution >= 4 is 9.47 Å². The van der Waals surface area contributed by atoms with Gasteiger partial charge in [0.2, 0.25) is 0 Å². The summed E-state index contributed by atoms with van der Waals surface area (Å²) in [4.78, 5) is 23.7. The molecule has 1 unspecified atom stereocenters. The van der Waals surface area contributed by atoms with Crippen molar-refractivity contribution in [1.29, 1.82) is 0 Å². The molecule has 1 aliphatic heterocycles. The van der Waals surface area contributed by atoms with Crippen molar-refractivity contribution in [3.8, 4) is 0 Å². The van der Waals surface area contributed by atoms with Gasteiger partial charge in [-0.05, 0) is 6.92 Å². The van der Waals surface area contributed by atoms with Crippen LogP contribution in [-0.4, -0.2) is 33.1 Å². The van der Waals surface area contributed by atoms with Crippen molar-refractivity contribution in [3.63, 3.8) is 0 Å². The van der Waals surface area contributed by atoms with Gasteiger partial charge < -0.3 is 14.4 Å². The van der Waals surface area contributed by atoms with Crippen LogP contribution in [0, 0.1) is 6.92 Å². The van der Waals surface area contributed by atoms with Gasteiger partial charge in [-0.15, -0.1) is 0 Å². The highest BCUT2D eigenvalue weighted by atomic mass is 31.0. The Labute approximate surface area is 112 Å². The molecule has 1 aliphatic rings. The van der Waals surface area contributed by atoms with E-state index in [1.54, 1.807) is 6.92 Å². The quantitative estimate of drug-likeness (QED) is 0.744. The highest BCUT2D eigenvalue weighted by Crippen LogP contribution is 2.30. The number of aliphatic hydroxyl groups is 1. The molecule has 0 aromatic carbocycles. The van der Waals surface area contributed by atoms with Gasteiger partial charge in [-0.3, -0.25) is 13.9 Å². The molecule has 0 saturated carbocycles. The fourth-order valence-corrected chi connectivity index (χ4v) is 2.51. The number of rotatable bonds is 3. The van der Waals surface area contributed by atoms with Gasteiger partial charge in [0.1, 0.15) is 12.3 Å². The van der Waals surface area contributed by atoms with E-state index in [-0.39, 0.29) is 18.3 Å². The standard InChI is InChI=1S/C11H17N2O5P/c1-6-4-13(11(16)12(2)10(6)15)9-3-7(18-19)8(5-14)17-9/h4,7-9,14H,3,5,19H2,1-2H3/t7-,8-,9-/m1/s1. The van der Waals surface area contributed by atoms with Crippen LogP contribution < -0.4 is 11.2 Å². The first kappa shape index (κ1) is 14.4. The summed E-state index contributed by atoms with van der Waals surface area (Å²) in [7, 11) is 3.56. The van der Waals surface area contributed by atoms with Crippen LogP contribution >= 0.6 is 9.47 Å². The minimum Gasteiger partial charge on any atom is -0.394 e. The zero-order chi connectivity index (χ0) is 14.2. The lowest BCUT2D eigenvalue weighted by molar-refractivity contribution is -0.0406. The highest BCUT2D eigenvalue weighted by molar-refractivity contribution is 7.09. The summed E-state index contributed by atoms with van der Waals surface area (Å²) in [5.41, 5.74) is -0.306. The third kappa shape index (κ3) is 2.51. The van der Waals surface area contributed by atoms with Crippen molar-refractivity contribution < 1.29 is 14.4 Å². The molecule has 2 heterocycles. The van der Waals surface area contributed by atoms with Crippen molar-refractivity contribution in [2.24, 2.45) is 7.05 Å². The van der Waals surface area contributed by atoms with Crippen LogP contribution in [0.4, 0.5) is 0 Å². The van der Waals surface area contributed by atoms with Gasteiger partial charge in [0.05, 0.1) is 12.7 Å². The Morgan fingerprint density at radius 3 is 2.79 bits per heavy atom. The van der Waals surface area contributed by atoms with Crippen LogP contribution in [0.5, 0.6) is 0 Å². The predicted octanol–water partition coefficient (Wildman–Crippen LogP) is -0.689. The molecule has 1 N–H and O–H groups in total. The van der Waals surface area contributed by atoms with Gasteiger partial charge in [-0.1, -0.05) is 0 Å². The first-order valence-electron chi connectivity index (χ1n) is 5.90. The van der Waals surface area contributed by atoms with Crippen molar-refractivity contribution in [1.82, 2.24) is 9.13 Å². The average Bonchev–Trinajstić information content (AvgIpc) is 2.83. The molecule has 106 valence electrons. The lowest BCUT2D eigenvalue weighted by Gasteiger charge is -2.16. The van der Waals surface area contributed by atoms with E-state index in [0.717, 1.165) is 4.57 Å². The Kier molecular flexibility index (Phi) is 4.20. The van der Waals surface area contributed by atoms with Crippen LogP contribution in [0.1, 0.15) is 18.2 Å². The molecule has 19 heavy (non-hydrogen) atoms. The van der Waals surface area contributed by atoms with Crippen molar-refractivity contribution in [3.05, 3.63) is 32.6 Å².